The highest BCUT2D eigenvalue weighted by atomic mass is 19.1. The minimum absolute atomic E-state index is 0.0607. The van der Waals surface area contributed by atoms with Crippen molar-refractivity contribution in [3.8, 4) is 5.75 Å². The van der Waals surface area contributed by atoms with Crippen molar-refractivity contribution >= 4 is 12.6 Å². The molecule has 1 aromatic carbocycles. The fraction of sp³-hybridized carbons (Fsp3) is 0.538. The van der Waals surface area contributed by atoms with E-state index in [0.717, 1.165) is 25.7 Å². The highest BCUT2D eigenvalue weighted by Crippen LogP contribution is 2.13. The Hall–Kier alpha value is -1.15. The number of benzene rings is 1. The molecule has 0 spiro atoms. The van der Waals surface area contributed by atoms with E-state index >= 15 is 0 Å². The van der Waals surface area contributed by atoms with Crippen molar-refractivity contribution in [3.63, 3.8) is 0 Å². The lowest BCUT2D eigenvalue weighted by molar-refractivity contribution is -0.0464. The summed E-state index contributed by atoms with van der Waals surface area (Å²) in [4.78, 5) is 2.26. The number of likely N-dealkylation sites (N-methyl/N-ethyl adjacent to an activating group) is 1. The van der Waals surface area contributed by atoms with E-state index in [-0.39, 0.29) is 17.3 Å². The van der Waals surface area contributed by atoms with Crippen molar-refractivity contribution in [2.75, 3.05) is 32.8 Å². The largest absolute Gasteiger partial charge is 0.491 e. The molecule has 20 heavy (non-hydrogen) atoms. The zero-order chi connectivity index (χ0) is 14.5. The van der Waals surface area contributed by atoms with Gasteiger partial charge in [0.05, 0.1) is 6.61 Å². The molecular formula is C13H19BFNO4. The summed E-state index contributed by atoms with van der Waals surface area (Å²) in [5.41, 5.74) is 0.0692. The smallest absolute Gasteiger partial charge is 0.488 e. The van der Waals surface area contributed by atoms with Gasteiger partial charge in [-0.3, -0.25) is 4.90 Å². The van der Waals surface area contributed by atoms with Gasteiger partial charge in [0, 0.05) is 19.2 Å². The summed E-state index contributed by atoms with van der Waals surface area (Å²) in [5, 5.41) is 18.1. The Bertz CT molecular complexity index is 446. The molecule has 7 heteroatoms. The summed E-state index contributed by atoms with van der Waals surface area (Å²) in [7, 11) is -1.71. The number of hydrogen-bond donors (Lipinski definition) is 2. The van der Waals surface area contributed by atoms with Crippen LogP contribution in [-0.2, 0) is 4.74 Å². The van der Waals surface area contributed by atoms with Gasteiger partial charge in [0.25, 0.3) is 0 Å². The van der Waals surface area contributed by atoms with Crippen LogP contribution in [-0.4, -0.2) is 61.0 Å². The van der Waals surface area contributed by atoms with E-state index in [2.05, 4.69) is 11.8 Å². The van der Waals surface area contributed by atoms with Gasteiger partial charge in [-0.1, -0.05) is 6.92 Å². The second kappa shape index (κ2) is 7.03. The molecule has 1 aromatic rings. The number of hydrogen-bond acceptors (Lipinski definition) is 5. The van der Waals surface area contributed by atoms with Crippen molar-refractivity contribution < 1.29 is 23.9 Å². The number of ether oxygens (including phenoxy) is 2. The van der Waals surface area contributed by atoms with Crippen LogP contribution in [0.25, 0.3) is 0 Å². The third kappa shape index (κ3) is 4.18. The zero-order valence-electron chi connectivity index (χ0n) is 11.5. The van der Waals surface area contributed by atoms with Crippen molar-refractivity contribution in [3.05, 3.63) is 24.0 Å². The van der Waals surface area contributed by atoms with Crippen molar-refractivity contribution in [1.82, 2.24) is 4.90 Å². The summed E-state index contributed by atoms with van der Waals surface area (Å²) in [6.07, 6.45) is -0.0607. The van der Waals surface area contributed by atoms with Crippen LogP contribution in [0.15, 0.2) is 18.2 Å². The number of nitrogens with zero attached hydrogens (tertiary/aromatic N) is 1. The van der Waals surface area contributed by atoms with Gasteiger partial charge in [-0.15, -0.1) is 0 Å². The second-order valence-corrected chi connectivity index (χ2v) is 4.79. The van der Waals surface area contributed by atoms with E-state index in [1.165, 1.54) is 12.1 Å². The van der Waals surface area contributed by atoms with Crippen LogP contribution in [0.4, 0.5) is 4.39 Å². The van der Waals surface area contributed by atoms with Crippen LogP contribution in [0.2, 0.25) is 0 Å². The molecule has 5 nitrogen and oxygen atoms in total. The van der Waals surface area contributed by atoms with Crippen LogP contribution in [0.3, 0.4) is 0 Å². The van der Waals surface area contributed by atoms with Gasteiger partial charge in [-0.05, 0) is 24.1 Å². The minimum atomic E-state index is -1.71. The molecule has 0 aliphatic carbocycles. The second-order valence-electron chi connectivity index (χ2n) is 4.79. The first-order valence-corrected chi connectivity index (χ1v) is 6.72. The maximum Gasteiger partial charge on any atom is 0.488 e. The van der Waals surface area contributed by atoms with Crippen LogP contribution in [0.1, 0.15) is 6.92 Å². The molecule has 1 saturated heterocycles. The molecule has 110 valence electrons. The summed E-state index contributed by atoms with van der Waals surface area (Å²) < 4.78 is 24.4. The lowest BCUT2D eigenvalue weighted by Crippen LogP contribution is -2.44. The normalized spacial score (nSPS) is 19.9. The molecule has 2 N–H and O–H groups in total. The molecule has 1 unspecified atom stereocenters. The number of halogens is 1. The Labute approximate surface area is 118 Å². The molecule has 0 aromatic heterocycles. The lowest BCUT2D eigenvalue weighted by atomic mass is 9.80. The maximum atomic E-state index is 13.3. The van der Waals surface area contributed by atoms with Gasteiger partial charge in [0.1, 0.15) is 24.3 Å². The molecule has 1 atom stereocenters. The standard InChI is InChI=1S/C13H19BFNO4/c1-2-16-3-4-19-13(8-16)9-20-12-6-10(14(17)18)5-11(15)7-12/h5-7,13,17-18H,2-4,8-9H2,1H3. The molecule has 1 aliphatic heterocycles. The molecule has 1 fully saturated rings. The summed E-state index contributed by atoms with van der Waals surface area (Å²) >= 11 is 0. The molecule has 0 amide bonds. The molecule has 0 bridgehead atoms. The molecule has 0 radical (unpaired) electrons. The molecular weight excluding hydrogens is 264 g/mol. The Balaban J connectivity index is 1.93. The van der Waals surface area contributed by atoms with E-state index in [1.807, 2.05) is 0 Å². The van der Waals surface area contributed by atoms with E-state index < -0.39 is 12.9 Å². The fourth-order valence-corrected chi connectivity index (χ4v) is 2.17. The van der Waals surface area contributed by atoms with Gasteiger partial charge >= 0.3 is 7.12 Å². The number of rotatable bonds is 5. The van der Waals surface area contributed by atoms with E-state index in [4.69, 9.17) is 19.5 Å². The first-order chi connectivity index (χ1) is 9.58. The predicted octanol–water partition coefficient (Wildman–Crippen LogP) is -0.395. The van der Waals surface area contributed by atoms with E-state index in [9.17, 15) is 4.39 Å². The Morgan fingerprint density at radius 2 is 2.25 bits per heavy atom. The van der Waals surface area contributed by atoms with Crippen molar-refractivity contribution in [2.24, 2.45) is 0 Å². The monoisotopic (exact) mass is 283 g/mol. The van der Waals surface area contributed by atoms with Crippen LogP contribution >= 0.6 is 0 Å². The fourth-order valence-electron chi connectivity index (χ4n) is 2.17. The van der Waals surface area contributed by atoms with E-state index in [1.54, 1.807) is 0 Å². The first kappa shape index (κ1) is 15.2. The highest BCUT2D eigenvalue weighted by molar-refractivity contribution is 6.58. The van der Waals surface area contributed by atoms with Crippen molar-refractivity contribution in [2.45, 2.75) is 13.0 Å². The summed E-state index contributed by atoms with van der Waals surface area (Å²) in [6.45, 7) is 5.70. The molecule has 1 heterocycles. The Morgan fingerprint density at radius 3 is 2.95 bits per heavy atom. The zero-order valence-corrected chi connectivity index (χ0v) is 11.5. The third-order valence-electron chi connectivity index (χ3n) is 3.30. The SMILES string of the molecule is CCN1CCOC(COc2cc(F)cc(B(O)O)c2)C1. The molecule has 0 saturated carbocycles. The topological polar surface area (TPSA) is 62.2 Å². The minimum Gasteiger partial charge on any atom is -0.491 e. The molecule has 1 aliphatic rings. The quantitative estimate of drug-likeness (QED) is 0.720. The van der Waals surface area contributed by atoms with Crippen LogP contribution in [0, 0.1) is 5.82 Å². The summed E-state index contributed by atoms with van der Waals surface area (Å²) in [6, 6.07) is 3.69. The number of morpholine rings is 1. The van der Waals surface area contributed by atoms with Crippen LogP contribution in [0.5, 0.6) is 5.75 Å². The Kier molecular flexibility index (Phi) is 5.36. The highest BCUT2D eigenvalue weighted by Gasteiger charge is 2.20. The van der Waals surface area contributed by atoms with Crippen LogP contribution < -0.4 is 10.2 Å². The van der Waals surface area contributed by atoms with Crippen molar-refractivity contribution in [1.29, 1.82) is 0 Å². The van der Waals surface area contributed by atoms with Gasteiger partial charge in [-0.25, -0.2) is 4.39 Å². The lowest BCUT2D eigenvalue weighted by Gasteiger charge is -2.31. The van der Waals surface area contributed by atoms with E-state index in [0.29, 0.717) is 13.2 Å². The average molecular weight is 283 g/mol. The summed E-state index contributed by atoms with van der Waals surface area (Å²) in [5.74, 6) is -0.296. The maximum absolute atomic E-state index is 13.3. The van der Waals surface area contributed by atoms with Gasteiger partial charge in [0.2, 0.25) is 0 Å². The third-order valence-corrected chi connectivity index (χ3v) is 3.30. The first-order valence-electron chi connectivity index (χ1n) is 6.72. The average Bonchev–Trinajstić information content (AvgIpc) is 2.44. The predicted molar refractivity (Wildman–Crippen MR) is 73.6 cm³/mol. The van der Waals surface area contributed by atoms with Gasteiger partial charge < -0.3 is 19.5 Å². The Morgan fingerprint density at radius 1 is 1.45 bits per heavy atom. The van der Waals surface area contributed by atoms with Gasteiger partial charge in [0.15, 0.2) is 0 Å². The van der Waals surface area contributed by atoms with Gasteiger partial charge in [-0.2, -0.15) is 0 Å². The molecule has 2 rings (SSSR count).